The van der Waals surface area contributed by atoms with Gasteiger partial charge in [-0.1, -0.05) is 0 Å². The van der Waals surface area contributed by atoms with Crippen molar-refractivity contribution in [2.24, 2.45) is 18.7 Å². The van der Waals surface area contributed by atoms with Crippen molar-refractivity contribution in [3.63, 3.8) is 0 Å². The summed E-state index contributed by atoms with van der Waals surface area (Å²) < 4.78 is 1.22. The van der Waals surface area contributed by atoms with Crippen molar-refractivity contribution >= 4 is 16.9 Å². The lowest BCUT2D eigenvalue weighted by atomic mass is 10.2. The molecule has 0 aromatic carbocycles. The number of aromatic amines is 1. The number of nitrogens with two attached hydrogens (primary N) is 1. The van der Waals surface area contributed by atoms with Crippen LogP contribution in [0.4, 0.5) is 0 Å². The molecule has 2 aromatic rings. The minimum absolute atomic E-state index is 0.0402. The van der Waals surface area contributed by atoms with Gasteiger partial charge in [0, 0.05) is 25.8 Å². The zero-order valence-corrected chi connectivity index (χ0v) is 12.1. The molecule has 8 nitrogen and oxygen atoms in total. The number of nitrogens with one attached hydrogen (secondary N) is 2. The second-order valence-corrected chi connectivity index (χ2v) is 5.62. The summed E-state index contributed by atoms with van der Waals surface area (Å²) in [6.07, 6.45) is 3.56. The van der Waals surface area contributed by atoms with Crippen LogP contribution in [0.1, 0.15) is 23.2 Å². The van der Waals surface area contributed by atoms with Crippen LogP contribution in [0.15, 0.2) is 21.9 Å². The fraction of sp³-hybridized carbons (Fsp3) is 0.429. The van der Waals surface area contributed by atoms with Crippen LogP contribution >= 0.6 is 0 Å². The van der Waals surface area contributed by atoms with Gasteiger partial charge in [-0.15, -0.1) is 0 Å². The molecule has 1 aliphatic rings. The van der Waals surface area contributed by atoms with E-state index in [9.17, 15) is 14.4 Å². The van der Waals surface area contributed by atoms with E-state index in [2.05, 4.69) is 15.3 Å². The molecule has 1 saturated carbocycles. The van der Waals surface area contributed by atoms with Gasteiger partial charge in [0.2, 0.25) is 0 Å². The average Bonchev–Trinajstić information content (AvgIpc) is 3.34. The van der Waals surface area contributed by atoms with Gasteiger partial charge in [0.05, 0.1) is 10.9 Å². The quantitative estimate of drug-likeness (QED) is 0.674. The molecule has 8 heteroatoms. The fourth-order valence-electron chi connectivity index (χ4n) is 2.36. The van der Waals surface area contributed by atoms with Gasteiger partial charge in [-0.3, -0.25) is 19.1 Å². The molecule has 4 N–H and O–H groups in total. The van der Waals surface area contributed by atoms with Crippen LogP contribution in [0.5, 0.6) is 0 Å². The Bertz CT molecular complexity index is 850. The van der Waals surface area contributed by atoms with E-state index in [0.29, 0.717) is 12.5 Å². The molecule has 2 aromatic heterocycles. The van der Waals surface area contributed by atoms with Gasteiger partial charge in [0.1, 0.15) is 5.65 Å². The van der Waals surface area contributed by atoms with Gasteiger partial charge in [-0.25, -0.2) is 9.78 Å². The van der Waals surface area contributed by atoms with Crippen LogP contribution in [-0.2, 0) is 7.05 Å². The number of aryl methyl sites for hydroxylation is 1. The molecule has 1 unspecified atom stereocenters. The zero-order chi connectivity index (χ0) is 15.9. The first-order valence-electron chi connectivity index (χ1n) is 7.10. The second-order valence-electron chi connectivity index (χ2n) is 5.62. The summed E-state index contributed by atoms with van der Waals surface area (Å²) in [5.41, 5.74) is 5.33. The molecule has 1 atom stereocenters. The maximum absolute atomic E-state index is 12.1. The fourth-order valence-corrected chi connectivity index (χ4v) is 2.36. The number of amides is 1. The Morgan fingerprint density at radius 2 is 2.27 bits per heavy atom. The highest BCUT2D eigenvalue weighted by molar-refractivity contribution is 5.96. The summed E-state index contributed by atoms with van der Waals surface area (Å²) >= 11 is 0. The molecule has 0 spiro atoms. The highest BCUT2D eigenvalue weighted by Gasteiger charge is 2.28. The topological polar surface area (TPSA) is 123 Å². The van der Waals surface area contributed by atoms with Gasteiger partial charge in [-0.2, -0.15) is 0 Å². The largest absolute Gasteiger partial charge is 0.350 e. The SMILES string of the molecule is Cn1c(=O)[nH]c(=O)c2cc(C(=O)NCC(N)C3CC3)cnc21. The molecule has 0 aliphatic heterocycles. The van der Waals surface area contributed by atoms with Crippen LogP contribution in [0.25, 0.3) is 11.0 Å². The minimum Gasteiger partial charge on any atom is -0.350 e. The first-order chi connectivity index (χ1) is 10.5. The highest BCUT2D eigenvalue weighted by atomic mass is 16.2. The summed E-state index contributed by atoms with van der Waals surface area (Å²) in [6.45, 7) is 0.394. The van der Waals surface area contributed by atoms with Crippen molar-refractivity contribution in [1.29, 1.82) is 0 Å². The second kappa shape index (κ2) is 5.38. The summed E-state index contributed by atoms with van der Waals surface area (Å²) in [4.78, 5) is 41.7. The molecule has 2 heterocycles. The maximum Gasteiger partial charge on any atom is 0.329 e. The number of H-pyrrole nitrogens is 1. The summed E-state index contributed by atoms with van der Waals surface area (Å²) in [6, 6.07) is 1.39. The zero-order valence-electron chi connectivity index (χ0n) is 12.1. The Hall–Kier alpha value is -2.48. The number of hydrogen-bond acceptors (Lipinski definition) is 5. The number of hydrogen-bond donors (Lipinski definition) is 3. The number of carbonyl (C=O) groups excluding carboxylic acids is 1. The predicted molar refractivity (Wildman–Crippen MR) is 80.6 cm³/mol. The Labute approximate surface area is 125 Å². The third-order valence-corrected chi connectivity index (χ3v) is 3.94. The summed E-state index contributed by atoms with van der Waals surface area (Å²) in [5.74, 6) is 0.158. The standard InChI is InChI=1S/C14H17N5O3/c1-19-11-9(13(21)18-14(19)22)4-8(5-16-11)12(20)17-6-10(15)7-2-3-7/h4-5,7,10H,2-3,6,15H2,1H3,(H,17,20)(H,18,21,22). The van der Waals surface area contributed by atoms with Crippen molar-refractivity contribution < 1.29 is 4.79 Å². The average molecular weight is 303 g/mol. The van der Waals surface area contributed by atoms with Crippen LogP contribution in [0, 0.1) is 5.92 Å². The highest BCUT2D eigenvalue weighted by Crippen LogP contribution is 2.31. The normalized spacial score (nSPS) is 15.7. The van der Waals surface area contributed by atoms with Gasteiger partial charge >= 0.3 is 5.69 Å². The van der Waals surface area contributed by atoms with Crippen molar-refractivity contribution in [3.8, 4) is 0 Å². The third kappa shape index (κ3) is 2.64. The molecule has 1 amide bonds. The van der Waals surface area contributed by atoms with Crippen LogP contribution < -0.4 is 22.3 Å². The molecule has 0 bridgehead atoms. The number of fused-ring (bicyclic) bond motifs is 1. The Kier molecular flexibility index (Phi) is 3.53. The van der Waals surface area contributed by atoms with E-state index >= 15 is 0 Å². The lowest BCUT2D eigenvalue weighted by Crippen LogP contribution is -2.38. The first kappa shape index (κ1) is 14.5. The van der Waals surface area contributed by atoms with Gasteiger partial charge in [-0.05, 0) is 24.8 Å². The van der Waals surface area contributed by atoms with E-state index < -0.39 is 11.2 Å². The monoisotopic (exact) mass is 303 g/mol. The first-order valence-corrected chi connectivity index (χ1v) is 7.10. The maximum atomic E-state index is 12.1. The van der Waals surface area contributed by atoms with Crippen molar-refractivity contribution in [1.82, 2.24) is 19.9 Å². The molecule has 0 saturated heterocycles. The van der Waals surface area contributed by atoms with Crippen molar-refractivity contribution in [2.45, 2.75) is 18.9 Å². The number of nitrogens with zero attached hydrogens (tertiary/aromatic N) is 2. The minimum atomic E-state index is -0.560. The van der Waals surface area contributed by atoms with Crippen LogP contribution in [-0.4, -0.2) is 33.0 Å². The number of carbonyl (C=O) groups is 1. The molecule has 116 valence electrons. The van der Waals surface area contributed by atoms with E-state index in [1.165, 1.54) is 23.9 Å². The van der Waals surface area contributed by atoms with Gasteiger partial charge < -0.3 is 11.1 Å². The van der Waals surface area contributed by atoms with Crippen molar-refractivity contribution in [3.05, 3.63) is 38.7 Å². The molecule has 22 heavy (non-hydrogen) atoms. The van der Waals surface area contributed by atoms with Gasteiger partial charge in [0.15, 0.2) is 0 Å². The number of pyridine rings is 1. The van der Waals surface area contributed by atoms with Crippen molar-refractivity contribution in [2.75, 3.05) is 6.54 Å². The van der Waals surface area contributed by atoms with E-state index in [4.69, 9.17) is 5.73 Å². The van der Waals surface area contributed by atoms with Gasteiger partial charge in [0.25, 0.3) is 11.5 Å². The number of rotatable bonds is 4. The Morgan fingerprint density at radius 3 is 2.95 bits per heavy atom. The Balaban J connectivity index is 1.86. The molecule has 0 radical (unpaired) electrons. The lowest BCUT2D eigenvalue weighted by molar-refractivity contribution is 0.0950. The van der Waals surface area contributed by atoms with E-state index in [1.807, 2.05) is 0 Å². The predicted octanol–water partition coefficient (Wildman–Crippen LogP) is -0.911. The molecule has 1 aliphatic carbocycles. The number of aromatic nitrogens is 3. The van der Waals surface area contributed by atoms with Crippen LogP contribution in [0.2, 0.25) is 0 Å². The molecular formula is C14H17N5O3. The summed E-state index contributed by atoms with van der Waals surface area (Å²) in [7, 11) is 1.50. The third-order valence-electron chi connectivity index (χ3n) is 3.94. The van der Waals surface area contributed by atoms with Crippen LogP contribution in [0.3, 0.4) is 0 Å². The molecule has 3 rings (SSSR count). The lowest BCUT2D eigenvalue weighted by Gasteiger charge is -2.11. The molecular weight excluding hydrogens is 286 g/mol. The van der Waals surface area contributed by atoms with E-state index in [0.717, 1.165) is 12.8 Å². The molecule has 1 fully saturated rings. The Morgan fingerprint density at radius 1 is 1.55 bits per heavy atom. The van der Waals surface area contributed by atoms with E-state index in [1.54, 1.807) is 0 Å². The smallest absolute Gasteiger partial charge is 0.329 e. The van der Waals surface area contributed by atoms with E-state index in [-0.39, 0.29) is 28.5 Å². The summed E-state index contributed by atoms with van der Waals surface area (Å²) in [5, 5.41) is 2.94.